The summed E-state index contributed by atoms with van der Waals surface area (Å²) in [5, 5.41) is 19.9. The number of quaternary nitrogens is 1. The number of thiophene rings is 1. The van der Waals surface area contributed by atoms with Crippen LogP contribution in [-0.2, 0) is 26.3 Å². The summed E-state index contributed by atoms with van der Waals surface area (Å²) >= 11 is 1.39. The minimum Gasteiger partial charge on any atom is -0.454 e. The fourth-order valence-electron chi connectivity index (χ4n) is 5.29. The minimum atomic E-state index is -1.55. The van der Waals surface area contributed by atoms with E-state index in [-0.39, 0.29) is 23.8 Å². The van der Waals surface area contributed by atoms with Gasteiger partial charge in [-0.15, -0.1) is 11.3 Å². The number of anilines is 1. The molecule has 4 fully saturated rings. The lowest BCUT2D eigenvalue weighted by molar-refractivity contribution is -0.939. The van der Waals surface area contributed by atoms with Crippen LogP contribution in [0.3, 0.4) is 0 Å². The van der Waals surface area contributed by atoms with Gasteiger partial charge in [0.1, 0.15) is 12.3 Å². The fourth-order valence-corrected chi connectivity index (χ4v) is 6.19. The van der Waals surface area contributed by atoms with Gasteiger partial charge in [0.15, 0.2) is 24.1 Å². The van der Waals surface area contributed by atoms with Crippen LogP contribution < -0.4 is 5.32 Å². The van der Waals surface area contributed by atoms with Crippen molar-refractivity contribution in [2.45, 2.75) is 50.7 Å². The van der Waals surface area contributed by atoms with Crippen LogP contribution in [0.25, 0.3) is 0 Å². The van der Waals surface area contributed by atoms with Crippen LogP contribution in [0.2, 0.25) is 0 Å². The average Bonchev–Trinajstić information content (AvgIpc) is 3.30. The predicted molar refractivity (Wildman–Crippen MR) is 118 cm³/mol. The molecule has 1 saturated carbocycles. The number of aromatic nitrogens is 1. The van der Waals surface area contributed by atoms with Crippen molar-refractivity contribution in [3.05, 3.63) is 34.2 Å². The van der Waals surface area contributed by atoms with Crippen LogP contribution in [0.4, 0.5) is 5.82 Å². The number of carbonyl (C=O) groups is 2. The largest absolute Gasteiger partial charge is 0.454 e. The number of ether oxygens (including phenoxy) is 1. The van der Waals surface area contributed by atoms with Gasteiger partial charge in [-0.2, -0.15) is 0 Å². The van der Waals surface area contributed by atoms with Crippen LogP contribution in [0.1, 0.15) is 43.2 Å². The Labute approximate surface area is 191 Å². The lowest BCUT2D eigenvalue weighted by atomic mass is 9.83. The van der Waals surface area contributed by atoms with Gasteiger partial charge in [-0.25, -0.2) is 4.79 Å². The zero-order valence-electron chi connectivity index (χ0n) is 18.3. The van der Waals surface area contributed by atoms with Gasteiger partial charge in [-0.1, -0.05) is 18.1 Å². The summed E-state index contributed by atoms with van der Waals surface area (Å²) in [5.41, 5.74) is -1.55. The fraction of sp³-hybridized carbons (Fsp3) is 0.609. The van der Waals surface area contributed by atoms with Crippen molar-refractivity contribution in [1.29, 1.82) is 0 Å². The van der Waals surface area contributed by atoms with Gasteiger partial charge in [0.05, 0.1) is 13.1 Å². The second kappa shape index (κ2) is 8.28. The van der Waals surface area contributed by atoms with E-state index < -0.39 is 11.6 Å². The van der Waals surface area contributed by atoms with E-state index in [1.807, 2.05) is 24.4 Å². The number of carbonyl (C=O) groups excluding carboxylic acids is 2. The number of esters is 1. The van der Waals surface area contributed by atoms with Crippen molar-refractivity contribution in [3.63, 3.8) is 0 Å². The molecule has 3 saturated heterocycles. The van der Waals surface area contributed by atoms with Crippen molar-refractivity contribution in [2.75, 3.05) is 31.5 Å². The first kappa shape index (κ1) is 21.6. The zero-order valence-corrected chi connectivity index (χ0v) is 19.1. The van der Waals surface area contributed by atoms with Gasteiger partial charge in [0.25, 0.3) is 5.91 Å². The molecule has 3 aliphatic heterocycles. The van der Waals surface area contributed by atoms with Crippen molar-refractivity contribution in [3.8, 4) is 0 Å². The molecule has 6 rings (SSSR count). The molecule has 0 radical (unpaired) electrons. The zero-order chi connectivity index (χ0) is 22.3. The smallest absolute Gasteiger partial charge is 0.344 e. The number of hydrogen-bond donors (Lipinski definition) is 2. The summed E-state index contributed by atoms with van der Waals surface area (Å²) in [6.07, 6.45) is 3.93. The summed E-state index contributed by atoms with van der Waals surface area (Å²) in [5.74, 6) is 0.742. The van der Waals surface area contributed by atoms with Crippen molar-refractivity contribution >= 4 is 29.0 Å². The maximum absolute atomic E-state index is 13.2. The number of amides is 1. The monoisotopic (exact) mass is 460 g/mol. The normalized spacial score (nSPS) is 28.8. The Balaban J connectivity index is 1.25. The number of rotatable bonds is 8. The lowest BCUT2D eigenvalue weighted by Crippen LogP contribution is -2.66. The number of piperidine rings is 3. The van der Waals surface area contributed by atoms with Crippen LogP contribution in [0.5, 0.6) is 0 Å². The van der Waals surface area contributed by atoms with Gasteiger partial charge in [0.2, 0.25) is 0 Å². The summed E-state index contributed by atoms with van der Waals surface area (Å²) in [6, 6.07) is 5.41. The van der Waals surface area contributed by atoms with Gasteiger partial charge in [-0.3, -0.25) is 4.79 Å². The topological polar surface area (TPSA) is 102 Å². The standard InChI is InChI=1S/C23H29N3O5S/c1-2-17-12-20(25-31-17)24-21(27)14-26-9-7-15(8-10-26)18(13-26)30-22(28)23(29,16-5-6-16)19-4-3-11-32-19/h3-4,11-12,15-16,18,29H,2,5-10,13-14H2,1H3/p+1/t15?,18-,23?,26?/m0/s1. The molecule has 4 aliphatic rings. The van der Waals surface area contributed by atoms with Gasteiger partial charge in [0, 0.05) is 42.0 Å². The van der Waals surface area contributed by atoms with E-state index in [2.05, 4.69) is 10.5 Å². The van der Waals surface area contributed by atoms with Crippen LogP contribution in [-0.4, -0.2) is 58.9 Å². The Bertz CT molecular complexity index is 978. The third-order valence-electron chi connectivity index (χ3n) is 7.33. The SMILES string of the molecule is CCc1cc(NC(=O)C[N+]23CCC(CC2)[C@@H](OC(=O)C(O)(c2cccs2)C2CC2)C3)no1. The van der Waals surface area contributed by atoms with Crippen molar-refractivity contribution < 1.29 is 28.4 Å². The quantitative estimate of drug-likeness (QED) is 0.464. The highest BCUT2D eigenvalue weighted by atomic mass is 32.1. The van der Waals surface area contributed by atoms with E-state index in [0.717, 1.165) is 51.0 Å². The van der Waals surface area contributed by atoms with E-state index in [1.54, 1.807) is 6.07 Å². The molecule has 32 heavy (non-hydrogen) atoms. The highest BCUT2D eigenvalue weighted by Gasteiger charge is 2.55. The number of nitrogens with one attached hydrogen (secondary N) is 1. The van der Waals surface area contributed by atoms with Crippen molar-refractivity contribution in [1.82, 2.24) is 5.16 Å². The molecule has 0 aromatic carbocycles. The molecule has 9 heteroatoms. The second-order valence-electron chi connectivity index (χ2n) is 9.51. The number of fused-ring (bicyclic) bond motifs is 3. The van der Waals surface area contributed by atoms with Gasteiger partial charge < -0.3 is 24.2 Å². The molecule has 2 N–H and O–H groups in total. The average molecular weight is 461 g/mol. The minimum absolute atomic E-state index is 0.0703. The molecule has 8 nitrogen and oxygen atoms in total. The molecule has 172 valence electrons. The maximum Gasteiger partial charge on any atom is 0.344 e. The van der Waals surface area contributed by atoms with E-state index in [1.165, 1.54) is 11.3 Å². The highest BCUT2D eigenvalue weighted by molar-refractivity contribution is 7.10. The molecule has 2 atom stereocenters. The number of hydrogen-bond acceptors (Lipinski definition) is 7. The molecule has 2 aromatic rings. The number of aliphatic hydroxyl groups is 1. The van der Waals surface area contributed by atoms with E-state index in [9.17, 15) is 14.7 Å². The van der Waals surface area contributed by atoms with Crippen LogP contribution in [0, 0.1) is 11.8 Å². The Hall–Kier alpha value is -2.23. The Morgan fingerprint density at radius 1 is 1.34 bits per heavy atom. The molecule has 5 heterocycles. The predicted octanol–water partition coefficient (Wildman–Crippen LogP) is 2.69. The highest BCUT2D eigenvalue weighted by Crippen LogP contribution is 2.48. The Morgan fingerprint density at radius 3 is 2.75 bits per heavy atom. The summed E-state index contributed by atoms with van der Waals surface area (Å²) < 4.78 is 11.8. The number of aryl methyl sites for hydroxylation is 1. The van der Waals surface area contributed by atoms with Crippen LogP contribution in [0.15, 0.2) is 28.1 Å². The lowest BCUT2D eigenvalue weighted by Gasteiger charge is -2.51. The Kier molecular flexibility index (Phi) is 5.59. The van der Waals surface area contributed by atoms with E-state index in [4.69, 9.17) is 9.26 Å². The summed E-state index contributed by atoms with van der Waals surface area (Å²) in [4.78, 5) is 26.6. The third-order valence-corrected chi connectivity index (χ3v) is 8.32. The molecule has 1 amide bonds. The third kappa shape index (κ3) is 3.97. The molecular weight excluding hydrogens is 430 g/mol. The van der Waals surface area contributed by atoms with Gasteiger partial charge >= 0.3 is 5.97 Å². The molecule has 1 aliphatic carbocycles. The Morgan fingerprint density at radius 2 is 2.12 bits per heavy atom. The first-order valence-corrected chi connectivity index (χ1v) is 12.4. The first-order valence-electron chi connectivity index (χ1n) is 11.5. The molecule has 2 bridgehead atoms. The van der Waals surface area contributed by atoms with E-state index in [0.29, 0.717) is 28.3 Å². The van der Waals surface area contributed by atoms with Gasteiger partial charge in [-0.05, 0) is 24.3 Å². The summed E-state index contributed by atoms with van der Waals surface area (Å²) in [7, 11) is 0. The van der Waals surface area contributed by atoms with E-state index >= 15 is 0 Å². The molecule has 1 unspecified atom stereocenters. The van der Waals surface area contributed by atoms with Crippen molar-refractivity contribution in [2.24, 2.45) is 11.8 Å². The first-order chi connectivity index (χ1) is 15.4. The van der Waals surface area contributed by atoms with Crippen LogP contribution >= 0.6 is 11.3 Å². The summed E-state index contributed by atoms with van der Waals surface area (Å²) in [6.45, 7) is 4.67. The molecular formula is C23H30N3O5S+. The molecule has 0 spiro atoms. The maximum atomic E-state index is 13.2. The number of nitrogens with zero attached hydrogens (tertiary/aromatic N) is 2. The second-order valence-corrected chi connectivity index (χ2v) is 10.5. The molecule has 2 aromatic heterocycles.